The number of benzene rings is 1. The number of nitrogens with two attached hydrogens (primary N) is 1. The standard InChI is InChI=1S/C11H14N2O3/c12-11(14)13(9-4-2-1-3-5-9)10-6-15-8-16-7-10/h1-5,10H,6-8H2,(H2,12,14). The Morgan fingerprint density at radius 1 is 1.25 bits per heavy atom. The van der Waals surface area contributed by atoms with Gasteiger partial charge in [-0.1, -0.05) is 18.2 Å². The number of amides is 2. The highest BCUT2D eigenvalue weighted by atomic mass is 16.7. The number of hydrogen-bond acceptors (Lipinski definition) is 3. The van der Waals surface area contributed by atoms with Crippen LogP contribution >= 0.6 is 0 Å². The molecule has 2 N–H and O–H groups in total. The lowest BCUT2D eigenvalue weighted by atomic mass is 10.2. The summed E-state index contributed by atoms with van der Waals surface area (Å²) in [7, 11) is 0. The van der Waals surface area contributed by atoms with Gasteiger partial charge in [0.05, 0.1) is 19.3 Å². The van der Waals surface area contributed by atoms with Crippen molar-refractivity contribution in [2.75, 3.05) is 24.9 Å². The molecule has 0 unspecified atom stereocenters. The predicted molar refractivity (Wildman–Crippen MR) is 59.1 cm³/mol. The van der Waals surface area contributed by atoms with E-state index in [1.165, 1.54) is 4.90 Å². The molecule has 1 saturated heterocycles. The zero-order chi connectivity index (χ0) is 11.4. The zero-order valence-electron chi connectivity index (χ0n) is 8.83. The van der Waals surface area contributed by atoms with Crippen LogP contribution in [0.1, 0.15) is 0 Å². The lowest BCUT2D eigenvalue weighted by Gasteiger charge is -2.32. The van der Waals surface area contributed by atoms with Gasteiger partial charge in [0.2, 0.25) is 0 Å². The summed E-state index contributed by atoms with van der Waals surface area (Å²) in [6.45, 7) is 1.16. The molecule has 1 aromatic carbocycles. The second-order valence-corrected chi connectivity index (χ2v) is 3.56. The Bertz CT molecular complexity index is 350. The second-order valence-electron chi connectivity index (χ2n) is 3.56. The number of para-hydroxylation sites is 1. The Labute approximate surface area is 93.7 Å². The molecule has 1 aromatic rings. The highest BCUT2D eigenvalue weighted by molar-refractivity contribution is 5.91. The molecule has 0 radical (unpaired) electrons. The van der Waals surface area contributed by atoms with E-state index < -0.39 is 6.03 Å². The van der Waals surface area contributed by atoms with E-state index in [4.69, 9.17) is 15.2 Å². The van der Waals surface area contributed by atoms with Gasteiger partial charge in [0.15, 0.2) is 0 Å². The lowest BCUT2D eigenvalue weighted by Crippen LogP contribution is -2.50. The van der Waals surface area contributed by atoms with E-state index in [1.807, 2.05) is 30.3 Å². The fourth-order valence-corrected chi connectivity index (χ4v) is 1.73. The van der Waals surface area contributed by atoms with E-state index in [-0.39, 0.29) is 12.8 Å². The highest BCUT2D eigenvalue weighted by Crippen LogP contribution is 2.18. The maximum atomic E-state index is 11.4. The van der Waals surface area contributed by atoms with Crippen LogP contribution in [0.2, 0.25) is 0 Å². The maximum absolute atomic E-state index is 11.4. The summed E-state index contributed by atoms with van der Waals surface area (Å²) in [5.41, 5.74) is 6.13. The van der Waals surface area contributed by atoms with Crippen LogP contribution in [-0.2, 0) is 9.47 Å². The molecule has 2 amide bonds. The number of hydrogen-bond donors (Lipinski definition) is 1. The molecule has 2 rings (SSSR count). The van der Waals surface area contributed by atoms with Crippen molar-refractivity contribution in [3.05, 3.63) is 30.3 Å². The Morgan fingerprint density at radius 3 is 2.44 bits per heavy atom. The molecule has 1 aliphatic rings. The summed E-state index contributed by atoms with van der Waals surface area (Å²) in [4.78, 5) is 12.9. The topological polar surface area (TPSA) is 64.8 Å². The van der Waals surface area contributed by atoms with Crippen LogP contribution in [0.3, 0.4) is 0 Å². The van der Waals surface area contributed by atoms with Crippen LogP contribution in [0.4, 0.5) is 10.5 Å². The monoisotopic (exact) mass is 222 g/mol. The van der Waals surface area contributed by atoms with Gasteiger partial charge in [-0.15, -0.1) is 0 Å². The largest absolute Gasteiger partial charge is 0.353 e. The fourth-order valence-electron chi connectivity index (χ4n) is 1.73. The molecule has 1 aliphatic heterocycles. The average molecular weight is 222 g/mol. The van der Waals surface area contributed by atoms with Gasteiger partial charge in [-0.25, -0.2) is 4.79 Å². The predicted octanol–water partition coefficient (Wildman–Crippen LogP) is 0.945. The molecule has 0 aromatic heterocycles. The van der Waals surface area contributed by atoms with Gasteiger partial charge in [0.25, 0.3) is 0 Å². The maximum Gasteiger partial charge on any atom is 0.319 e. The summed E-state index contributed by atoms with van der Waals surface area (Å²) in [6, 6.07) is 8.61. The SMILES string of the molecule is NC(=O)N(c1ccccc1)C1COCOC1. The molecule has 86 valence electrons. The van der Waals surface area contributed by atoms with Crippen molar-refractivity contribution in [3.8, 4) is 0 Å². The van der Waals surface area contributed by atoms with Crippen molar-refractivity contribution < 1.29 is 14.3 Å². The quantitative estimate of drug-likeness (QED) is 0.810. The first-order valence-electron chi connectivity index (χ1n) is 5.08. The van der Waals surface area contributed by atoms with E-state index in [2.05, 4.69) is 0 Å². The molecule has 16 heavy (non-hydrogen) atoms. The van der Waals surface area contributed by atoms with E-state index >= 15 is 0 Å². The number of nitrogens with zero attached hydrogens (tertiary/aromatic N) is 1. The summed E-state index contributed by atoms with van der Waals surface area (Å²) < 4.78 is 10.3. The van der Waals surface area contributed by atoms with Crippen LogP contribution in [0, 0.1) is 0 Å². The van der Waals surface area contributed by atoms with Gasteiger partial charge in [0.1, 0.15) is 6.79 Å². The first-order valence-corrected chi connectivity index (χ1v) is 5.08. The Balaban J connectivity index is 2.20. The third-order valence-corrected chi connectivity index (χ3v) is 2.42. The van der Waals surface area contributed by atoms with Gasteiger partial charge in [-0.3, -0.25) is 4.90 Å². The zero-order valence-corrected chi connectivity index (χ0v) is 8.83. The first-order chi connectivity index (χ1) is 7.79. The Morgan fingerprint density at radius 2 is 1.88 bits per heavy atom. The van der Waals surface area contributed by atoms with Crippen molar-refractivity contribution in [1.29, 1.82) is 0 Å². The Hall–Kier alpha value is -1.59. The number of carbonyl (C=O) groups excluding carboxylic acids is 1. The number of urea groups is 1. The third kappa shape index (κ3) is 2.32. The summed E-state index contributed by atoms with van der Waals surface area (Å²) in [5, 5.41) is 0. The second kappa shape index (κ2) is 4.96. The molecule has 1 fully saturated rings. The average Bonchev–Trinajstić information content (AvgIpc) is 2.31. The van der Waals surface area contributed by atoms with Crippen LogP contribution in [0.5, 0.6) is 0 Å². The van der Waals surface area contributed by atoms with Gasteiger partial charge < -0.3 is 15.2 Å². The summed E-state index contributed by atoms with van der Waals surface area (Å²) >= 11 is 0. The minimum Gasteiger partial charge on any atom is -0.353 e. The van der Waals surface area contributed by atoms with Crippen molar-refractivity contribution in [3.63, 3.8) is 0 Å². The number of primary amides is 1. The number of ether oxygens (including phenoxy) is 2. The smallest absolute Gasteiger partial charge is 0.319 e. The van der Waals surface area contributed by atoms with E-state index in [9.17, 15) is 4.79 Å². The van der Waals surface area contributed by atoms with Crippen LogP contribution in [-0.4, -0.2) is 32.1 Å². The van der Waals surface area contributed by atoms with Crippen LogP contribution in [0.15, 0.2) is 30.3 Å². The van der Waals surface area contributed by atoms with Gasteiger partial charge >= 0.3 is 6.03 Å². The highest BCUT2D eigenvalue weighted by Gasteiger charge is 2.26. The normalized spacial score (nSPS) is 17.0. The minimum absolute atomic E-state index is 0.159. The first kappa shape index (κ1) is 10.9. The van der Waals surface area contributed by atoms with Crippen molar-refractivity contribution in [2.24, 2.45) is 5.73 Å². The number of anilines is 1. The Kier molecular flexibility index (Phi) is 3.38. The molecule has 0 aliphatic carbocycles. The van der Waals surface area contributed by atoms with Gasteiger partial charge in [-0.2, -0.15) is 0 Å². The molecule has 5 heteroatoms. The van der Waals surface area contributed by atoms with Gasteiger partial charge in [0, 0.05) is 5.69 Å². The molecular weight excluding hydrogens is 208 g/mol. The van der Waals surface area contributed by atoms with Crippen molar-refractivity contribution in [1.82, 2.24) is 0 Å². The molecule has 0 atom stereocenters. The molecule has 0 saturated carbocycles. The number of carbonyl (C=O) groups is 1. The molecule has 1 heterocycles. The fraction of sp³-hybridized carbons (Fsp3) is 0.364. The van der Waals surface area contributed by atoms with Crippen molar-refractivity contribution >= 4 is 11.7 Å². The van der Waals surface area contributed by atoms with E-state index in [0.29, 0.717) is 13.2 Å². The molecular formula is C11H14N2O3. The molecule has 0 bridgehead atoms. The molecule has 5 nitrogen and oxygen atoms in total. The summed E-state index contributed by atoms with van der Waals surface area (Å²) in [5.74, 6) is 0. The number of rotatable bonds is 2. The molecule has 0 spiro atoms. The van der Waals surface area contributed by atoms with Crippen LogP contribution in [0.25, 0.3) is 0 Å². The third-order valence-electron chi connectivity index (χ3n) is 2.42. The van der Waals surface area contributed by atoms with E-state index in [1.54, 1.807) is 0 Å². The minimum atomic E-state index is -0.495. The van der Waals surface area contributed by atoms with E-state index in [0.717, 1.165) is 5.69 Å². The lowest BCUT2D eigenvalue weighted by molar-refractivity contribution is -0.106. The van der Waals surface area contributed by atoms with Crippen molar-refractivity contribution in [2.45, 2.75) is 6.04 Å². The van der Waals surface area contributed by atoms with Gasteiger partial charge in [-0.05, 0) is 12.1 Å². The van der Waals surface area contributed by atoms with Crippen LogP contribution < -0.4 is 10.6 Å². The summed E-state index contributed by atoms with van der Waals surface area (Å²) in [6.07, 6.45) is 0.